The van der Waals surface area contributed by atoms with Crippen LogP contribution in [-0.4, -0.2) is 25.7 Å². The first-order valence-corrected chi connectivity index (χ1v) is 6.02. The second kappa shape index (κ2) is 7.21. The van der Waals surface area contributed by atoms with Crippen LogP contribution < -0.4 is 4.74 Å². The highest BCUT2D eigenvalue weighted by molar-refractivity contribution is 6.19. The van der Waals surface area contributed by atoms with E-state index in [1.54, 1.807) is 7.11 Å². The zero-order valence-corrected chi connectivity index (χ0v) is 11.2. The molecule has 0 heterocycles. The maximum Gasteiger partial charge on any atom is 0.119 e. The number of methoxy groups -OCH3 is 1. The summed E-state index contributed by atoms with van der Waals surface area (Å²) in [6.45, 7) is 4.51. The second-order valence-corrected chi connectivity index (χ2v) is 4.04. The fourth-order valence-electron chi connectivity index (χ4n) is 1.28. The van der Waals surface area contributed by atoms with Crippen LogP contribution >= 0.6 is 11.6 Å². The third kappa shape index (κ3) is 4.68. The van der Waals surface area contributed by atoms with E-state index < -0.39 is 0 Å². The number of aryl methyl sites for hydroxylation is 1. The van der Waals surface area contributed by atoms with Gasteiger partial charge in [0.2, 0.25) is 0 Å². The topological polar surface area (TPSA) is 18.5 Å². The molecule has 0 aromatic heterocycles. The van der Waals surface area contributed by atoms with Crippen molar-refractivity contribution in [1.82, 2.24) is 0 Å². The number of hydrogen-bond donors (Lipinski definition) is 0. The van der Waals surface area contributed by atoms with E-state index in [1.807, 2.05) is 32.0 Å². The third-order valence-corrected chi connectivity index (χ3v) is 2.51. The molecule has 3 heteroatoms. The van der Waals surface area contributed by atoms with Crippen LogP contribution in [0.2, 0.25) is 0 Å². The average Bonchev–Trinajstić information content (AvgIpc) is 2.34. The highest BCUT2D eigenvalue weighted by atomic mass is 35.5. The van der Waals surface area contributed by atoms with Crippen molar-refractivity contribution in [1.29, 1.82) is 0 Å². The predicted octanol–water partition coefficient (Wildman–Crippen LogP) is 3.00. The molecule has 0 aliphatic heterocycles. The Bertz CT molecular complexity index is 418. The summed E-state index contributed by atoms with van der Waals surface area (Å²) < 4.78 is 10.7. The summed E-state index contributed by atoms with van der Waals surface area (Å²) in [7, 11) is 1.67. The highest BCUT2D eigenvalue weighted by Crippen LogP contribution is 2.17. The molecule has 1 aromatic carbocycles. The Balaban J connectivity index is 2.68. The molecule has 0 radical (unpaired) electrons. The zero-order valence-electron chi connectivity index (χ0n) is 10.4. The van der Waals surface area contributed by atoms with Gasteiger partial charge in [0.1, 0.15) is 12.4 Å². The Kier molecular flexibility index (Phi) is 5.90. The van der Waals surface area contributed by atoms with Crippen LogP contribution in [0.4, 0.5) is 0 Å². The van der Waals surface area contributed by atoms with Gasteiger partial charge in [0.25, 0.3) is 0 Å². The van der Waals surface area contributed by atoms with Gasteiger partial charge in [0, 0.05) is 12.7 Å². The Morgan fingerprint density at radius 1 is 1.41 bits per heavy atom. The second-order valence-electron chi connectivity index (χ2n) is 3.77. The Morgan fingerprint density at radius 2 is 2.18 bits per heavy atom. The van der Waals surface area contributed by atoms with Gasteiger partial charge in [-0.05, 0) is 37.6 Å². The van der Waals surface area contributed by atoms with Gasteiger partial charge in [-0.1, -0.05) is 11.8 Å². The van der Waals surface area contributed by atoms with Crippen LogP contribution in [0, 0.1) is 18.8 Å². The van der Waals surface area contributed by atoms with Crippen molar-refractivity contribution < 1.29 is 9.47 Å². The van der Waals surface area contributed by atoms with Crippen LogP contribution in [-0.2, 0) is 4.74 Å². The summed E-state index contributed by atoms with van der Waals surface area (Å²) in [5.41, 5.74) is 2.07. The zero-order chi connectivity index (χ0) is 12.7. The fourth-order valence-corrected chi connectivity index (χ4v) is 1.34. The van der Waals surface area contributed by atoms with Gasteiger partial charge < -0.3 is 9.47 Å². The van der Waals surface area contributed by atoms with E-state index in [4.69, 9.17) is 21.1 Å². The lowest BCUT2D eigenvalue weighted by molar-refractivity contribution is 0.0716. The molecule has 2 nitrogen and oxygen atoms in total. The van der Waals surface area contributed by atoms with Crippen LogP contribution in [0.25, 0.3) is 0 Å². The lowest BCUT2D eigenvalue weighted by atomic mass is 10.1. The molecule has 92 valence electrons. The Hall–Kier alpha value is -1.17. The van der Waals surface area contributed by atoms with Crippen LogP contribution in [0.3, 0.4) is 0 Å². The summed E-state index contributed by atoms with van der Waals surface area (Å²) in [4.78, 5) is 0. The molecule has 0 amide bonds. The van der Waals surface area contributed by atoms with Gasteiger partial charge in [-0.2, -0.15) is 0 Å². The van der Waals surface area contributed by atoms with E-state index in [9.17, 15) is 0 Å². The minimum Gasteiger partial charge on any atom is -0.491 e. The summed E-state index contributed by atoms with van der Waals surface area (Å²) in [5, 5.41) is 0. The lowest BCUT2D eigenvalue weighted by Crippen LogP contribution is -2.15. The molecule has 0 spiro atoms. The number of ether oxygens (including phenoxy) is 2. The lowest BCUT2D eigenvalue weighted by Gasteiger charge is -2.12. The Morgan fingerprint density at radius 3 is 2.76 bits per heavy atom. The van der Waals surface area contributed by atoms with E-state index >= 15 is 0 Å². The third-order valence-electron chi connectivity index (χ3n) is 2.37. The van der Waals surface area contributed by atoms with E-state index in [1.165, 1.54) is 0 Å². The summed E-state index contributed by atoms with van der Waals surface area (Å²) >= 11 is 5.52. The molecule has 1 unspecified atom stereocenters. The molecule has 0 saturated carbocycles. The summed E-state index contributed by atoms with van der Waals surface area (Å²) in [6, 6.07) is 5.83. The molecule has 17 heavy (non-hydrogen) atoms. The first-order chi connectivity index (χ1) is 8.17. The molecule has 0 aliphatic carbocycles. The van der Waals surface area contributed by atoms with Crippen molar-refractivity contribution in [2.24, 2.45) is 0 Å². The summed E-state index contributed by atoms with van der Waals surface area (Å²) in [5.74, 6) is 7.03. The first-order valence-electron chi connectivity index (χ1n) is 5.48. The van der Waals surface area contributed by atoms with Crippen molar-refractivity contribution in [3.63, 3.8) is 0 Å². The maximum atomic E-state index is 5.60. The maximum absolute atomic E-state index is 5.60. The predicted molar refractivity (Wildman–Crippen MR) is 70.7 cm³/mol. The quantitative estimate of drug-likeness (QED) is 0.606. The molecule has 1 aromatic rings. The van der Waals surface area contributed by atoms with Crippen molar-refractivity contribution >= 4 is 11.6 Å². The normalized spacial score (nSPS) is 11.5. The van der Waals surface area contributed by atoms with Crippen LogP contribution in [0.5, 0.6) is 5.75 Å². The van der Waals surface area contributed by atoms with Gasteiger partial charge in [-0.3, -0.25) is 0 Å². The minimum atomic E-state index is 0.0889. The minimum absolute atomic E-state index is 0.0889. The molecular formula is C14H17ClO2. The van der Waals surface area contributed by atoms with Gasteiger partial charge in [0.05, 0.1) is 12.0 Å². The van der Waals surface area contributed by atoms with Crippen LogP contribution in [0.1, 0.15) is 18.1 Å². The number of hydrogen-bond acceptors (Lipinski definition) is 2. The van der Waals surface area contributed by atoms with E-state index in [-0.39, 0.29) is 6.10 Å². The number of benzene rings is 1. The highest BCUT2D eigenvalue weighted by Gasteiger charge is 2.02. The standard InChI is InChI=1S/C14H17ClO2/c1-11-9-14(17-10-12(2)16-3)7-6-13(11)5-4-8-15/h6-7,9,12H,8,10H2,1-3H3. The molecular weight excluding hydrogens is 236 g/mol. The van der Waals surface area contributed by atoms with Crippen molar-refractivity contribution in [2.45, 2.75) is 20.0 Å². The molecule has 0 N–H and O–H groups in total. The fraction of sp³-hybridized carbons (Fsp3) is 0.429. The number of alkyl halides is 1. The molecule has 1 atom stereocenters. The largest absolute Gasteiger partial charge is 0.491 e. The Labute approximate surface area is 108 Å². The number of halogens is 1. The molecule has 0 bridgehead atoms. The van der Waals surface area contributed by atoms with E-state index in [0.29, 0.717) is 12.5 Å². The monoisotopic (exact) mass is 252 g/mol. The summed E-state index contributed by atoms with van der Waals surface area (Å²) in [6.07, 6.45) is 0.0889. The SMILES string of the molecule is COC(C)COc1ccc(C#CCCl)c(C)c1. The smallest absolute Gasteiger partial charge is 0.119 e. The van der Waals surface area contributed by atoms with Crippen LogP contribution in [0.15, 0.2) is 18.2 Å². The van der Waals surface area contributed by atoms with Crippen molar-refractivity contribution in [3.05, 3.63) is 29.3 Å². The van der Waals surface area contributed by atoms with Crippen molar-refractivity contribution in [3.8, 4) is 17.6 Å². The molecule has 1 rings (SSSR count). The average molecular weight is 253 g/mol. The number of rotatable bonds is 4. The van der Waals surface area contributed by atoms with E-state index in [2.05, 4.69) is 11.8 Å². The van der Waals surface area contributed by atoms with Gasteiger partial charge in [0.15, 0.2) is 0 Å². The van der Waals surface area contributed by atoms with E-state index in [0.717, 1.165) is 16.9 Å². The first kappa shape index (κ1) is 13.9. The van der Waals surface area contributed by atoms with Gasteiger partial charge >= 0.3 is 0 Å². The van der Waals surface area contributed by atoms with Gasteiger partial charge in [-0.25, -0.2) is 0 Å². The molecule has 0 aliphatic rings. The molecule has 0 saturated heterocycles. The van der Waals surface area contributed by atoms with Gasteiger partial charge in [-0.15, -0.1) is 11.6 Å². The molecule has 0 fully saturated rings. The van der Waals surface area contributed by atoms with Crippen molar-refractivity contribution in [2.75, 3.05) is 19.6 Å².